The second-order valence-corrected chi connectivity index (χ2v) is 9.07. The summed E-state index contributed by atoms with van der Waals surface area (Å²) in [6, 6.07) is 15.0. The van der Waals surface area contributed by atoms with Gasteiger partial charge >= 0.3 is 12.1 Å². The quantitative estimate of drug-likeness (QED) is 0.579. The van der Waals surface area contributed by atoms with Gasteiger partial charge in [-0.2, -0.15) is 0 Å². The highest BCUT2D eigenvalue weighted by Gasteiger charge is 2.34. The van der Waals surface area contributed by atoms with Crippen LogP contribution in [0.5, 0.6) is 0 Å². The van der Waals surface area contributed by atoms with Gasteiger partial charge in [0.1, 0.15) is 18.2 Å². The molecule has 7 nitrogen and oxygen atoms in total. The van der Waals surface area contributed by atoms with Crippen molar-refractivity contribution < 1.29 is 24.2 Å². The van der Waals surface area contributed by atoms with Crippen LogP contribution in [0.3, 0.4) is 0 Å². The molecule has 2 aromatic rings. The first-order chi connectivity index (χ1) is 15.1. The van der Waals surface area contributed by atoms with Crippen LogP contribution in [-0.4, -0.2) is 41.3 Å². The van der Waals surface area contributed by atoms with Gasteiger partial charge in [0.25, 0.3) is 0 Å². The highest BCUT2D eigenvalue weighted by molar-refractivity contribution is 5.92. The summed E-state index contributed by atoms with van der Waals surface area (Å²) in [5, 5.41) is 14.4. The van der Waals surface area contributed by atoms with Gasteiger partial charge in [0.15, 0.2) is 0 Å². The fraction of sp³-hybridized carbons (Fsp3) is 0.400. The van der Waals surface area contributed by atoms with E-state index < -0.39 is 29.6 Å². The summed E-state index contributed by atoms with van der Waals surface area (Å²) in [6.45, 7) is 6.91. The Labute approximate surface area is 188 Å². The van der Waals surface area contributed by atoms with Crippen molar-refractivity contribution in [3.8, 4) is 11.1 Å². The van der Waals surface area contributed by atoms with E-state index >= 15 is 0 Å². The van der Waals surface area contributed by atoms with Crippen LogP contribution in [0.15, 0.2) is 48.5 Å². The van der Waals surface area contributed by atoms with Crippen molar-refractivity contribution in [3.05, 3.63) is 59.7 Å². The Morgan fingerprint density at radius 3 is 2.03 bits per heavy atom. The molecule has 0 unspecified atom stereocenters. The van der Waals surface area contributed by atoms with E-state index in [1.165, 1.54) is 13.8 Å². The molecule has 7 heteroatoms. The molecule has 0 bridgehead atoms. The third-order valence-electron chi connectivity index (χ3n) is 5.64. The van der Waals surface area contributed by atoms with Crippen molar-refractivity contribution in [3.63, 3.8) is 0 Å². The Morgan fingerprint density at radius 1 is 1.00 bits per heavy atom. The number of fused-ring (bicyclic) bond motifs is 3. The molecule has 0 spiro atoms. The van der Waals surface area contributed by atoms with Crippen LogP contribution in [0.1, 0.15) is 51.2 Å². The van der Waals surface area contributed by atoms with Crippen molar-refractivity contribution in [1.82, 2.24) is 10.6 Å². The summed E-state index contributed by atoms with van der Waals surface area (Å²) in [7, 11) is 0. The Morgan fingerprint density at radius 2 is 1.53 bits per heavy atom. The second-order valence-electron chi connectivity index (χ2n) is 9.07. The number of aliphatic carboxylic acids is 1. The van der Waals surface area contributed by atoms with Crippen molar-refractivity contribution in [2.45, 2.75) is 51.6 Å². The zero-order chi connectivity index (χ0) is 23.5. The van der Waals surface area contributed by atoms with Crippen molar-refractivity contribution >= 4 is 18.0 Å². The van der Waals surface area contributed by atoms with Crippen molar-refractivity contribution in [1.29, 1.82) is 0 Å². The highest BCUT2D eigenvalue weighted by Crippen LogP contribution is 2.44. The molecule has 0 saturated heterocycles. The zero-order valence-corrected chi connectivity index (χ0v) is 18.8. The monoisotopic (exact) mass is 438 g/mol. The average molecular weight is 439 g/mol. The predicted octanol–water partition coefficient (Wildman–Crippen LogP) is 3.92. The Hall–Kier alpha value is -3.35. The number of alkyl carbamates (subject to hydrolysis) is 1. The van der Waals surface area contributed by atoms with E-state index in [2.05, 4.69) is 22.8 Å². The molecule has 0 aromatic heterocycles. The van der Waals surface area contributed by atoms with E-state index in [0.29, 0.717) is 6.42 Å². The lowest BCUT2D eigenvalue weighted by Gasteiger charge is -2.27. The van der Waals surface area contributed by atoms with Crippen molar-refractivity contribution in [2.75, 3.05) is 6.61 Å². The predicted molar refractivity (Wildman–Crippen MR) is 121 cm³/mol. The van der Waals surface area contributed by atoms with Gasteiger partial charge in [-0.1, -0.05) is 62.4 Å². The summed E-state index contributed by atoms with van der Waals surface area (Å²) in [6.07, 6.45) is -0.440. The molecule has 2 aromatic carbocycles. The van der Waals surface area contributed by atoms with Crippen LogP contribution in [-0.2, 0) is 14.3 Å². The maximum Gasteiger partial charge on any atom is 0.408 e. The molecule has 0 radical (unpaired) electrons. The van der Waals surface area contributed by atoms with Crippen LogP contribution in [0.25, 0.3) is 11.1 Å². The Kier molecular flexibility index (Phi) is 6.87. The Balaban J connectivity index is 1.63. The molecule has 3 N–H and O–H groups in total. The summed E-state index contributed by atoms with van der Waals surface area (Å²) in [5.74, 6) is -1.69. The van der Waals surface area contributed by atoms with E-state index in [1.807, 2.05) is 50.2 Å². The number of carbonyl (C=O) groups excluding carboxylic acids is 2. The smallest absolute Gasteiger partial charge is 0.408 e. The number of hydrogen-bond donors (Lipinski definition) is 3. The zero-order valence-electron chi connectivity index (χ0n) is 18.8. The Bertz CT molecular complexity index is 969. The molecule has 2 amide bonds. The van der Waals surface area contributed by atoms with Crippen LogP contribution in [0, 0.1) is 5.92 Å². The summed E-state index contributed by atoms with van der Waals surface area (Å²) in [4.78, 5) is 36.6. The minimum atomic E-state index is -1.34. The first-order valence-electron chi connectivity index (χ1n) is 10.8. The van der Waals surface area contributed by atoms with Gasteiger partial charge in [-0.15, -0.1) is 0 Å². The molecule has 0 saturated carbocycles. The van der Waals surface area contributed by atoms with E-state index in [-0.39, 0.29) is 18.4 Å². The third-order valence-corrected chi connectivity index (χ3v) is 5.64. The standard InChI is InChI=1S/C25H30N2O5/c1-15(2)13-21(22(28)29)26-23(30)25(3,4)27-24(31)32-14-20-18-11-7-5-9-16(18)17-10-6-8-12-19(17)20/h5-12,15,20-21H,13-14H2,1-4H3,(H,26,30)(H,27,31)(H,28,29)/t21-/m1/s1. The summed E-state index contributed by atoms with van der Waals surface area (Å²) in [5.41, 5.74) is 3.10. The van der Waals surface area contributed by atoms with Gasteiger partial charge in [-0.3, -0.25) is 4.79 Å². The molecule has 0 aliphatic heterocycles. The summed E-state index contributed by atoms with van der Waals surface area (Å²) < 4.78 is 5.50. The lowest BCUT2D eigenvalue weighted by Crippen LogP contribution is -2.58. The molecular weight excluding hydrogens is 408 g/mol. The minimum absolute atomic E-state index is 0.0903. The second kappa shape index (κ2) is 9.42. The number of hydrogen-bond acceptors (Lipinski definition) is 4. The summed E-state index contributed by atoms with van der Waals surface area (Å²) >= 11 is 0. The molecule has 3 rings (SSSR count). The molecule has 170 valence electrons. The number of rotatable bonds is 8. The first kappa shape index (κ1) is 23.3. The number of carbonyl (C=O) groups is 3. The fourth-order valence-electron chi connectivity index (χ4n) is 3.98. The van der Waals surface area contributed by atoms with Crippen LogP contribution in [0.2, 0.25) is 0 Å². The van der Waals surface area contributed by atoms with Gasteiger partial charge in [0.2, 0.25) is 5.91 Å². The van der Waals surface area contributed by atoms with Crippen LogP contribution < -0.4 is 10.6 Å². The van der Waals surface area contributed by atoms with E-state index in [9.17, 15) is 19.5 Å². The van der Waals surface area contributed by atoms with Gasteiger partial charge in [-0.25, -0.2) is 9.59 Å². The van der Waals surface area contributed by atoms with Gasteiger partial charge in [-0.05, 0) is 48.4 Å². The van der Waals surface area contributed by atoms with Crippen LogP contribution in [0.4, 0.5) is 4.79 Å². The normalized spacial score (nSPS) is 13.8. The maximum atomic E-state index is 12.6. The first-order valence-corrected chi connectivity index (χ1v) is 10.8. The van der Waals surface area contributed by atoms with Gasteiger partial charge in [0.05, 0.1) is 0 Å². The molecule has 32 heavy (non-hydrogen) atoms. The number of amides is 2. The molecule has 1 aliphatic rings. The highest BCUT2D eigenvalue weighted by atomic mass is 16.5. The topological polar surface area (TPSA) is 105 Å². The molecular formula is C25H30N2O5. The third kappa shape index (κ3) is 5.10. The fourth-order valence-corrected chi connectivity index (χ4v) is 3.98. The molecule has 0 heterocycles. The number of benzene rings is 2. The van der Waals surface area contributed by atoms with E-state index in [1.54, 1.807) is 0 Å². The molecule has 1 atom stereocenters. The van der Waals surface area contributed by atoms with E-state index in [4.69, 9.17) is 4.74 Å². The number of nitrogens with one attached hydrogen (secondary N) is 2. The molecule has 0 fully saturated rings. The van der Waals surface area contributed by atoms with Gasteiger partial charge in [0, 0.05) is 5.92 Å². The van der Waals surface area contributed by atoms with E-state index in [0.717, 1.165) is 22.3 Å². The number of carboxylic acids is 1. The lowest BCUT2D eigenvalue weighted by atomic mass is 9.98. The minimum Gasteiger partial charge on any atom is -0.480 e. The maximum absolute atomic E-state index is 12.6. The largest absolute Gasteiger partial charge is 0.480 e. The number of carboxylic acid groups (broad SMARTS) is 1. The number of ether oxygens (including phenoxy) is 1. The average Bonchev–Trinajstić information content (AvgIpc) is 3.05. The SMILES string of the molecule is CC(C)C[C@@H](NC(=O)C(C)(C)NC(=O)OCC1c2ccccc2-c2ccccc21)C(=O)O. The van der Waals surface area contributed by atoms with Crippen molar-refractivity contribution in [2.24, 2.45) is 5.92 Å². The van der Waals surface area contributed by atoms with Crippen LogP contribution >= 0.6 is 0 Å². The molecule has 1 aliphatic carbocycles. The lowest BCUT2D eigenvalue weighted by molar-refractivity contribution is -0.143. The van der Waals surface area contributed by atoms with Gasteiger partial charge < -0.3 is 20.5 Å².